The highest BCUT2D eigenvalue weighted by molar-refractivity contribution is 7.92. The highest BCUT2D eigenvalue weighted by atomic mass is 32.2. The Bertz CT molecular complexity index is 761. The van der Waals surface area contributed by atoms with Crippen LogP contribution in [0.15, 0.2) is 47.6 Å². The van der Waals surface area contributed by atoms with E-state index in [1.165, 1.54) is 24.5 Å². The van der Waals surface area contributed by atoms with Crippen molar-refractivity contribution in [3.05, 3.63) is 48.3 Å². The predicted molar refractivity (Wildman–Crippen MR) is 86.5 cm³/mol. The van der Waals surface area contributed by atoms with E-state index in [1.54, 1.807) is 18.2 Å². The van der Waals surface area contributed by atoms with Crippen molar-refractivity contribution in [2.45, 2.75) is 31.2 Å². The van der Waals surface area contributed by atoms with Crippen LogP contribution >= 0.6 is 0 Å². The van der Waals surface area contributed by atoms with Crippen molar-refractivity contribution < 1.29 is 13.2 Å². The minimum atomic E-state index is -3.74. The minimum Gasteiger partial charge on any atom is -0.350 e. The van der Waals surface area contributed by atoms with E-state index < -0.39 is 10.0 Å². The summed E-state index contributed by atoms with van der Waals surface area (Å²) < 4.78 is 26.5. The van der Waals surface area contributed by atoms with Crippen molar-refractivity contribution in [3.63, 3.8) is 0 Å². The second-order valence-corrected chi connectivity index (χ2v) is 6.68. The number of benzene rings is 1. The van der Waals surface area contributed by atoms with E-state index in [9.17, 15) is 13.2 Å². The van der Waals surface area contributed by atoms with Gasteiger partial charge in [-0.25, -0.2) is 23.1 Å². The van der Waals surface area contributed by atoms with Crippen LogP contribution in [-0.4, -0.2) is 30.3 Å². The van der Waals surface area contributed by atoms with E-state index in [-0.39, 0.29) is 28.4 Å². The molecule has 0 radical (unpaired) electrons. The molecule has 0 aliphatic carbocycles. The van der Waals surface area contributed by atoms with Crippen molar-refractivity contribution in [2.24, 2.45) is 0 Å². The number of carbonyl (C=O) groups is 1. The molecule has 0 aliphatic rings. The monoisotopic (exact) mass is 334 g/mol. The quantitative estimate of drug-likeness (QED) is 0.839. The largest absolute Gasteiger partial charge is 0.350 e. The van der Waals surface area contributed by atoms with Crippen molar-refractivity contribution in [1.29, 1.82) is 0 Å². The fourth-order valence-electron chi connectivity index (χ4n) is 1.69. The summed E-state index contributed by atoms with van der Waals surface area (Å²) in [5, 5.41) is 2.78. The molecule has 8 heteroatoms. The third-order valence-electron chi connectivity index (χ3n) is 3.18. The summed E-state index contributed by atoms with van der Waals surface area (Å²) in [7, 11) is -3.74. The molecule has 23 heavy (non-hydrogen) atoms. The molecule has 1 amide bonds. The third kappa shape index (κ3) is 4.49. The van der Waals surface area contributed by atoms with Gasteiger partial charge in [-0.05, 0) is 25.5 Å². The summed E-state index contributed by atoms with van der Waals surface area (Å²) in [5.41, 5.74) is 0.271. The lowest BCUT2D eigenvalue weighted by molar-refractivity contribution is 0.0938. The molecule has 2 aromatic rings. The van der Waals surface area contributed by atoms with Crippen LogP contribution in [0.1, 0.15) is 30.6 Å². The molecule has 1 aromatic heterocycles. The molecule has 0 aliphatic heterocycles. The van der Waals surface area contributed by atoms with Gasteiger partial charge < -0.3 is 5.32 Å². The van der Waals surface area contributed by atoms with Crippen LogP contribution in [0.3, 0.4) is 0 Å². The maximum Gasteiger partial charge on any atom is 0.264 e. The van der Waals surface area contributed by atoms with Crippen LogP contribution in [0, 0.1) is 0 Å². The van der Waals surface area contributed by atoms with Crippen molar-refractivity contribution in [3.8, 4) is 0 Å². The number of hydrogen-bond acceptors (Lipinski definition) is 5. The normalized spacial score (nSPS) is 12.4. The van der Waals surface area contributed by atoms with E-state index >= 15 is 0 Å². The zero-order valence-corrected chi connectivity index (χ0v) is 13.7. The van der Waals surface area contributed by atoms with E-state index in [1.807, 2.05) is 13.8 Å². The fourth-order valence-corrected chi connectivity index (χ4v) is 2.66. The van der Waals surface area contributed by atoms with Gasteiger partial charge in [0, 0.05) is 18.4 Å². The van der Waals surface area contributed by atoms with Crippen LogP contribution in [0.25, 0.3) is 0 Å². The lowest BCUT2D eigenvalue weighted by atomic mass is 10.2. The number of anilines is 1. The molecular weight excluding hydrogens is 316 g/mol. The molecular formula is C15H18N4O3S. The minimum absolute atomic E-state index is 0.0405. The molecule has 1 heterocycles. The summed E-state index contributed by atoms with van der Waals surface area (Å²) in [5.74, 6) is -0.384. The smallest absolute Gasteiger partial charge is 0.264 e. The number of nitrogens with one attached hydrogen (secondary N) is 2. The Labute approximate surface area is 135 Å². The van der Waals surface area contributed by atoms with Crippen LogP contribution in [0.5, 0.6) is 0 Å². The first-order valence-electron chi connectivity index (χ1n) is 7.13. The van der Waals surface area contributed by atoms with Gasteiger partial charge in [-0.15, -0.1) is 0 Å². The highest BCUT2D eigenvalue weighted by Crippen LogP contribution is 2.12. The van der Waals surface area contributed by atoms with Gasteiger partial charge in [0.2, 0.25) is 5.95 Å². The van der Waals surface area contributed by atoms with E-state index in [2.05, 4.69) is 20.0 Å². The van der Waals surface area contributed by atoms with Crippen molar-refractivity contribution in [2.75, 3.05) is 4.72 Å². The summed E-state index contributed by atoms with van der Waals surface area (Å²) in [6, 6.07) is 7.95. The Balaban J connectivity index is 2.10. The Morgan fingerprint density at radius 3 is 2.35 bits per heavy atom. The maximum atomic E-state index is 12.1. The molecule has 2 rings (SSSR count). The molecule has 0 bridgehead atoms. The highest BCUT2D eigenvalue weighted by Gasteiger charge is 2.16. The van der Waals surface area contributed by atoms with Gasteiger partial charge in [-0.3, -0.25) is 4.79 Å². The summed E-state index contributed by atoms with van der Waals surface area (Å²) in [6.07, 6.45) is 3.38. The lowest BCUT2D eigenvalue weighted by Gasteiger charge is -2.11. The summed E-state index contributed by atoms with van der Waals surface area (Å²) >= 11 is 0. The molecule has 1 aromatic carbocycles. The standard InChI is InChI=1S/C15H18N4O3S/c1-3-11(2)18-14(20)12-9-16-15(17-10-12)19-23(21,22)13-7-5-4-6-8-13/h4-11H,3H2,1-2H3,(H,18,20)(H,16,17,19). The average Bonchev–Trinajstić information content (AvgIpc) is 2.55. The molecule has 0 saturated heterocycles. The molecule has 0 spiro atoms. The number of aromatic nitrogens is 2. The average molecular weight is 334 g/mol. The SMILES string of the molecule is CCC(C)NC(=O)c1cnc(NS(=O)(=O)c2ccccc2)nc1. The van der Waals surface area contributed by atoms with Crippen molar-refractivity contribution >= 4 is 21.9 Å². The molecule has 0 fully saturated rings. The van der Waals surface area contributed by atoms with Crippen LogP contribution < -0.4 is 10.0 Å². The molecule has 122 valence electrons. The van der Waals surface area contributed by atoms with Crippen LogP contribution in [0.4, 0.5) is 5.95 Å². The molecule has 1 unspecified atom stereocenters. The topological polar surface area (TPSA) is 101 Å². The van der Waals surface area contributed by atoms with Gasteiger partial charge in [0.1, 0.15) is 0 Å². The van der Waals surface area contributed by atoms with Gasteiger partial charge in [0.15, 0.2) is 0 Å². The van der Waals surface area contributed by atoms with Crippen molar-refractivity contribution in [1.82, 2.24) is 15.3 Å². The van der Waals surface area contributed by atoms with Crippen LogP contribution in [-0.2, 0) is 10.0 Å². The zero-order valence-electron chi connectivity index (χ0n) is 12.9. The number of amides is 1. The summed E-state index contributed by atoms with van der Waals surface area (Å²) in [6.45, 7) is 3.85. The van der Waals surface area contributed by atoms with Gasteiger partial charge >= 0.3 is 0 Å². The maximum absolute atomic E-state index is 12.1. The summed E-state index contributed by atoms with van der Waals surface area (Å²) in [4.78, 5) is 19.8. The Kier molecular flexibility index (Phi) is 5.28. The lowest BCUT2D eigenvalue weighted by Crippen LogP contribution is -2.32. The Morgan fingerprint density at radius 1 is 1.17 bits per heavy atom. The van der Waals surface area contributed by atoms with Gasteiger partial charge in [0.25, 0.3) is 15.9 Å². The number of hydrogen-bond donors (Lipinski definition) is 2. The van der Waals surface area contributed by atoms with Gasteiger partial charge in [0.05, 0.1) is 10.5 Å². The van der Waals surface area contributed by atoms with Gasteiger partial charge in [-0.2, -0.15) is 0 Å². The number of nitrogens with zero attached hydrogens (tertiary/aromatic N) is 2. The molecule has 2 N–H and O–H groups in total. The Hall–Kier alpha value is -2.48. The first kappa shape index (κ1) is 16.9. The van der Waals surface area contributed by atoms with Crippen LogP contribution in [0.2, 0.25) is 0 Å². The molecule has 1 atom stereocenters. The zero-order chi connectivity index (χ0) is 16.9. The first-order chi connectivity index (χ1) is 10.9. The number of carbonyl (C=O) groups excluding carboxylic acids is 1. The first-order valence-corrected chi connectivity index (χ1v) is 8.61. The van der Waals surface area contributed by atoms with Gasteiger partial charge in [-0.1, -0.05) is 25.1 Å². The molecule has 7 nitrogen and oxygen atoms in total. The number of sulfonamides is 1. The van der Waals surface area contributed by atoms with E-state index in [0.29, 0.717) is 0 Å². The second kappa shape index (κ2) is 7.19. The number of rotatable bonds is 6. The molecule has 0 saturated carbocycles. The van der Waals surface area contributed by atoms with E-state index in [0.717, 1.165) is 6.42 Å². The fraction of sp³-hybridized carbons (Fsp3) is 0.267. The predicted octanol–water partition coefficient (Wildman–Crippen LogP) is 1.81. The second-order valence-electron chi connectivity index (χ2n) is 5.00. The Morgan fingerprint density at radius 2 is 1.78 bits per heavy atom. The van der Waals surface area contributed by atoms with E-state index in [4.69, 9.17) is 0 Å². The third-order valence-corrected chi connectivity index (χ3v) is 4.53.